The predicted molar refractivity (Wildman–Crippen MR) is 53.6 cm³/mol. The Morgan fingerprint density at radius 2 is 2.19 bits per heavy atom. The minimum atomic E-state index is -1.31. The van der Waals surface area contributed by atoms with Crippen LogP contribution < -0.4 is 0 Å². The lowest BCUT2D eigenvalue weighted by atomic mass is 9.96. The van der Waals surface area contributed by atoms with Crippen molar-refractivity contribution in [3.05, 3.63) is 24.2 Å². The molecule has 0 fully saturated rings. The van der Waals surface area contributed by atoms with Gasteiger partial charge in [0.2, 0.25) is 5.78 Å². The molecule has 0 amide bonds. The normalized spacial score (nSPS) is 12.1. The number of ketones is 1. The molecule has 0 aliphatic carbocycles. The van der Waals surface area contributed by atoms with Gasteiger partial charge in [-0.25, -0.2) is 0 Å². The van der Waals surface area contributed by atoms with Crippen LogP contribution in [0.25, 0.3) is 0 Å². The SMILES string of the molecule is N=C(C(=O)c1ccco1)C(CCO)C(=O)O. The average molecular weight is 225 g/mol. The van der Waals surface area contributed by atoms with Gasteiger partial charge in [0, 0.05) is 6.61 Å². The van der Waals surface area contributed by atoms with Crippen molar-refractivity contribution in [2.45, 2.75) is 6.42 Å². The van der Waals surface area contributed by atoms with Gasteiger partial charge in [0.1, 0.15) is 5.92 Å². The van der Waals surface area contributed by atoms with Crippen LogP contribution in [0.15, 0.2) is 22.8 Å². The fourth-order valence-electron chi connectivity index (χ4n) is 1.22. The van der Waals surface area contributed by atoms with Gasteiger partial charge in [-0.2, -0.15) is 0 Å². The van der Waals surface area contributed by atoms with Gasteiger partial charge in [0.15, 0.2) is 5.76 Å². The number of nitrogens with one attached hydrogen (secondary N) is 1. The van der Waals surface area contributed by atoms with E-state index in [0.29, 0.717) is 0 Å². The van der Waals surface area contributed by atoms with Gasteiger partial charge < -0.3 is 20.0 Å². The van der Waals surface area contributed by atoms with E-state index in [4.69, 9.17) is 20.0 Å². The van der Waals surface area contributed by atoms with Crippen LogP contribution in [0.3, 0.4) is 0 Å². The van der Waals surface area contributed by atoms with E-state index in [1.807, 2.05) is 0 Å². The second-order valence-electron chi connectivity index (χ2n) is 3.12. The van der Waals surface area contributed by atoms with Gasteiger partial charge >= 0.3 is 5.97 Å². The molecule has 0 radical (unpaired) electrons. The third-order valence-electron chi connectivity index (χ3n) is 2.05. The standard InChI is InChI=1S/C10H11NO5/c11-8(6(3-4-12)10(14)15)9(13)7-2-1-5-16-7/h1-2,5-6,11-12H,3-4H2,(H,14,15). The molecule has 0 saturated carbocycles. The summed E-state index contributed by atoms with van der Waals surface area (Å²) in [6.45, 7) is -0.398. The largest absolute Gasteiger partial charge is 0.481 e. The zero-order valence-corrected chi connectivity index (χ0v) is 8.34. The summed E-state index contributed by atoms with van der Waals surface area (Å²) >= 11 is 0. The fraction of sp³-hybridized carbons (Fsp3) is 0.300. The quantitative estimate of drug-likeness (QED) is 0.484. The molecule has 3 N–H and O–H groups in total. The molecule has 1 unspecified atom stereocenters. The molecule has 0 aromatic carbocycles. The molecule has 6 heteroatoms. The highest BCUT2D eigenvalue weighted by Crippen LogP contribution is 2.11. The Kier molecular flexibility index (Phi) is 3.96. The van der Waals surface area contributed by atoms with Crippen LogP contribution in [-0.4, -0.2) is 34.3 Å². The Bertz CT molecular complexity index is 395. The summed E-state index contributed by atoms with van der Waals surface area (Å²) in [5.41, 5.74) is -0.587. The molecule has 1 heterocycles. The molecular weight excluding hydrogens is 214 g/mol. The van der Waals surface area contributed by atoms with Crippen LogP contribution in [0.5, 0.6) is 0 Å². The van der Waals surface area contributed by atoms with E-state index < -0.39 is 30.0 Å². The number of rotatable bonds is 6. The van der Waals surface area contributed by atoms with E-state index in [0.717, 1.165) is 0 Å². The Morgan fingerprint density at radius 1 is 1.50 bits per heavy atom. The number of aliphatic carboxylic acids is 1. The van der Waals surface area contributed by atoms with Crippen LogP contribution in [0, 0.1) is 11.3 Å². The maximum atomic E-state index is 11.6. The number of carboxylic acids is 1. The minimum Gasteiger partial charge on any atom is -0.481 e. The molecule has 1 rings (SSSR count). The number of carbonyl (C=O) groups excluding carboxylic acids is 1. The van der Waals surface area contributed by atoms with Crippen molar-refractivity contribution < 1.29 is 24.2 Å². The number of carbonyl (C=O) groups is 2. The number of furan rings is 1. The second-order valence-corrected chi connectivity index (χ2v) is 3.12. The lowest BCUT2D eigenvalue weighted by molar-refractivity contribution is -0.139. The Balaban J connectivity index is 2.83. The molecule has 0 spiro atoms. The van der Waals surface area contributed by atoms with Crippen molar-refractivity contribution in [1.29, 1.82) is 5.41 Å². The van der Waals surface area contributed by atoms with Crippen LogP contribution in [0.2, 0.25) is 0 Å². The van der Waals surface area contributed by atoms with E-state index in [2.05, 4.69) is 0 Å². The summed E-state index contributed by atoms with van der Waals surface area (Å²) in [6, 6.07) is 2.83. The first-order chi connectivity index (χ1) is 7.57. The molecule has 0 saturated heterocycles. The van der Waals surface area contributed by atoms with Crippen molar-refractivity contribution in [2.24, 2.45) is 5.92 Å². The summed E-state index contributed by atoms with van der Waals surface area (Å²) in [7, 11) is 0. The van der Waals surface area contributed by atoms with Crippen LogP contribution in [0.1, 0.15) is 17.0 Å². The van der Waals surface area contributed by atoms with Gasteiger partial charge in [-0.15, -0.1) is 0 Å². The predicted octanol–water partition coefficient (Wildman–Crippen LogP) is 0.565. The smallest absolute Gasteiger partial charge is 0.312 e. The van der Waals surface area contributed by atoms with Crippen molar-refractivity contribution in [3.8, 4) is 0 Å². The molecule has 1 aromatic rings. The molecule has 86 valence electrons. The van der Waals surface area contributed by atoms with Gasteiger partial charge in [0.25, 0.3) is 0 Å². The monoisotopic (exact) mass is 225 g/mol. The van der Waals surface area contributed by atoms with Gasteiger partial charge in [-0.3, -0.25) is 9.59 Å². The third-order valence-corrected chi connectivity index (χ3v) is 2.05. The number of aliphatic hydroxyl groups is 1. The van der Waals surface area contributed by atoms with Crippen LogP contribution in [-0.2, 0) is 4.79 Å². The number of hydrogen-bond acceptors (Lipinski definition) is 5. The highest BCUT2D eigenvalue weighted by Gasteiger charge is 2.29. The molecule has 1 atom stereocenters. The molecular formula is C10H11NO5. The lowest BCUT2D eigenvalue weighted by Gasteiger charge is -2.09. The molecule has 0 aliphatic heterocycles. The maximum absolute atomic E-state index is 11.6. The van der Waals surface area contributed by atoms with Crippen molar-refractivity contribution in [3.63, 3.8) is 0 Å². The molecule has 0 aliphatic rings. The average Bonchev–Trinajstić information content (AvgIpc) is 2.76. The number of hydrogen-bond donors (Lipinski definition) is 3. The molecule has 6 nitrogen and oxygen atoms in total. The van der Waals surface area contributed by atoms with Gasteiger partial charge in [-0.1, -0.05) is 0 Å². The lowest BCUT2D eigenvalue weighted by Crippen LogP contribution is -2.30. The maximum Gasteiger partial charge on any atom is 0.312 e. The number of aliphatic hydroxyl groups excluding tert-OH is 1. The first kappa shape index (κ1) is 12.1. The molecule has 16 heavy (non-hydrogen) atoms. The van der Waals surface area contributed by atoms with E-state index >= 15 is 0 Å². The summed E-state index contributed by atoms with van der Waals surface area (Å²) < 4.78 is 4.78. The van der Waals surface area contributed by atoms with Gasteiger partial charge in [0.05, 0.1) is 12.0 Å². The Labute approximate surface area is 91.0 Å². The topological polar surface area (TPSA) is 112 Å². The van der Waals surface area contributed by atoms with Crippen molar-refractivity contribution >= 4 is 17.5 Å². The van der Waals surface area contributed by atoms with Gasteiger partial charge in [-0.05, 0) is 18.6 Å². The number of carboxylic acid groups (broad SMARTS) is 1. The Morgan fingerprint density at radius 3 is 2.62 bits per heavy atom. The second kappa shape index (κ2) is 5.22. The van der Waals surface area contributed by atoms with E-state index in [1.54, 1.807) is 0 Å². The third kappa shape index (κ3) is 2.54. The summed E-state index contributed by atoms with van der Waals surface area (Å²) in [4.78, 5) is 22.3. The van der Waals surface area contributed by atoms with Crippen molar-refractivity contribution in [2.75, 3.05) is 6.61 Å². The highest BCUT2D eigenvalue weighted by molar-refractivity contribution is 6.47. The Hall–Kier alpha value is -1.95. The van der Waals surface area contributed by atoms with E-state index in [-0.39, 0.29) is 12.2 Å². The summed E-state index contributed by atoms with van der Waals surface area (Å²) in [5, 5.41) is 24.9. The van der Waals surface area contributed by atoms with E-state index in [9.17, 15) is 9.59 Å². The fourth-order valence-corrected chi connectivity index (χ4v) is 1.22. The zero-order valence-electron chi connectivity index (χ0n) is 8.34. The summed E-state index contributed by atoms with van der Waals surface area (Å²) in [6.07, 6.45) is 1.10. The minimum absolute atomic E-state index is 0.0748. The first-order valence-electron chi connectivity index (χ1n) is 4.58. The highest BCUT2D eigenvalue weighted by atomic mass is 16.4. The van der Waals surface area contributed by atoms with Crippen LogP contribution in [0.4, 0.5) is 0 Å². The van der Waals surface area contributed by atoms with Crippen LogP contribution >= 0.6 is 0 Å². The number of Topliss-reactive ketones (excluding diaryl/α,β-unsaturated/α-hetero) is 1. The summed E-state index contributed by atoms with van der Waals surface area (Å²) in [5.74, 6) is -3.46. The zero-order chi connectivity index (χ0) is 12.1. The van der Waals surface area contributed by atoms with E-state index in [1.165, 1.54) is 18.4 Å². The molecule has 0 bridgehead atoms. The molecule has 1 aromatic heterocycles. The van der Waals surface area contributed by atoms with Crippen molar-refractivity contribution in [1.82, 2.24) is 0 Å². The first-order valence-corrected chi connectivity index (χ1v) is 4.58.